The van der Waals surface area contributed by atoms with Gasteiger partial charge in [-0.15, -0.1) is 11.8 Å². The summed E-state index contributed by atoms with van der Waals surface area (Å²) in [5.41, 5.74) is 3.33. The van der Waals surface area contributed by atoms with E-state index in [-0.39, 0.29) is 11.9 Å². The Balaban J connectivity index is 1.66. The third-order valence-electron chi connectivity index (χ3n) is 7.37. The second-order valence-corrected chi connectivity index (χ2v) is 11.0. The molecule has 0 amide bonds. The Morgan fingerprint density at radius 3 is 2.62 bits per heavy atom. The number of hydrogen-bond acceptors (Lipinski definition) is 5. The SMILES string of the molecule is COc1nc2ccc(SC)cc2cc1C(c1ccc(Cl)cc1)C1(O)CCNC(c2ccc(F)cc2C)C1. The number of benzene rings is 3. The lowest BCUT2D eigenvalue weighted by molar-refractivity contribution is -0.0197. The number of pyridine rings is 1. The highest BCUT2D eigenvalue weighted by molar-refractivity contribution is 7.98. The van der Waals surface area contributed by atoms with E-state index < -0.39 is 11.5 Å². The molecule has 5 rings (SSSR count). The number of hydrogen-bond donors (Lipinski definition) is 2. The summed E-state index contributed by atoms with van der Waals surface area (Å²) in [6.07, 6.45) is 3.02. The Hall–Kier alpha value is -2.64. The molecule has 0 saturated carbocycles. The van der Waals surface area contributed by atoms with Crippen molar-refractivity contribution in [3.63, 3.8) is 0 Å². The predicted molar refractivity (Wildman–Crippen MR) is 149 cm³/mol. The Morgan fingerprint density at radius 1 is 1.14 bits per heavy atom. The van der Waals surface area contributed by atoms with Crippen LogP contribution in [0.2, 0.25) is 5.02 Å². The standard InChI is InChI=1S/C30H30ClFN2O2S/c1-18-14-22(32)8-10-24(18)27-17-30(35,12-13-33-27)28(19-4-6-21(31)7-5-19)25-16-20-15-23(37-3)9-11-26(20)34-29(25)36-2/h4-11,14-16,27-28,33,35H,12-13,17H2,1-3H3. The van der Waals surface area contributed by atoms with Gasteiger partial charge in [-0.1, -0.05) is 29.8 Å². The number of methoxy groups -OCH3 is 1. The summed E-state index contributed by atoms with van der Waals surface area (Å²) in [6.45, 7) is 2.52. The largest absolute Gasteiger partial charge is 0.481 e. The molecule has 4 aromatic rings. The molecule has 1 fully saturated rings. The predicted octanol–water partition coefficient (Wildman–Crippen LogP) is 7.05. The minimum Gasteiger partial charge on any atom is -0.481 e. The molecular weight excluding hydrogens is 507 g/mol. The van der Waals surface area contributed by atoms with Crippen molar-refractivity contribution in [3.05, 3.63) is 99.8 Å². The van der Waals surface area contributed by atoms with Gasteiger partial charge in [-0.25, -0.2) is 9.37 Å². The summed E-state index contributed by atoms with van der Waals surface area (Å²) in [5.74, 6) is -0.186. The van der Waals surface area contributed by atoms with Crippen LogP contribution >= 0.6 is 23.4 Å². The van der Waals surface area contributed by atoms with Crippen LogP contribution in [-0.4, -0.2) is 35.6 Å². The Kier molecular flexibility index (Phi) is 7.46. The summed E-state index contributed by atoms with van der Waals surface area (Å²) >= 11 is 7.92. The summed E-state index contributed by atoms with van der Waals surface area (Å²) in [4.78, 5) is 5.97. The maximum Gasteiger partial charge on any atom is 0.217 e. The minimum absolute atomic E-state index is 0.128. The van der Waals surface area contributed by atoms with Crippen molar-refractivity contribution in [3.8, 4) is 5.88 Å². The third-order valence-corrected chi connectivity index (χ3v) is 8.35. The first-order valence-electron chi connectivity index (χ1n) is 12.3. The van der Waals surface area contributed by atoms with Crippen LogP contribution in [0.15, 0.2) is 71.6 Å². The zero-order valence-electron chi connectivity index (χ0n) is 21.1. The van der Waals surface area contributed by atoms with Gasteiger partial charge in [-0.2, -0.15) is 0 Å². The van der Waals surface area contributed by atoms with Crippen molar-refractivity contribution in [2.75, 3.05) is 19.9 Å². The van der Waals surface area contributed by atoms with Crippen LogP contribution in [-0.2, 0) is 0 Å². The van der Waals surface area contributed by atoms with Gasteiger partial charge in [0.1, 0.15) is 5.82 Å². The highest BCUT2D eigenvalue weighted by Crippen LogP contribution is 2.47. The molecule has 2 heterocycles. The number of nitrogens with zero attached hydrogens (tertiary/aromatic N) is 1. The van der Waals surface area contributed by atoms with Crippen molar-refractivity contribution in [2.24, 2.45) is 0 Å². The van der Waals surface area contributed by atoms with Crippen LogP contribution in [0.3, 0.4) is 0 Å². The van der Waals surface area contributed by atoms with Crippen molar-refractivity contribution >= 4 is 34.3 Å². The minimum atomic E-state index is -1.12. The molecule has 1 aliphatic rings. The van der Waals surface area contributed by atoms with Crippen LogP contribution in [0.5, 0.6) is 5.88 Å². The van der Waals surface area contributed by atoms with Crippen molar-refractivity contribution in [2.45, 2.75) is 42.2 Å². The molecule has 192 valence electrons. The molecule has 3 atom stereocenters. The van der Waals surface area contributed by atoms with Crippen LogP contribution < -0.4 is 10.1 Å². The number of thioether (sulfide) groups is 1. The van der Waals surface area contributed by atoms with Crippen LogP contribution in [0.1, 0.15) is 47.1 Å². The molecule has 1 saturated heterocycles. The molecule has 4 nitrogen and oxygen atoms in total. The van der Waals surface area contributed by atoms with Crippen molar-refractivity contribution < 1.29 is 14.2 Å². The number of nitrogens with one attached hydrogen (secondary N) is 1. The molecule has 2 N–H and O–H groups in total. The average molecular weight is 537 g/mol. The molecule has 3 unspecified atom stereocenters. The fourth-order valence-corrected chi connectivity index (χ4v) is 6.16. The second kappa shape index (κ2) is 10.6. The highest BCUT2D eigenvalue weighted by atomic mass is 35.5. The molecule has 37 heavy (non-hydrogen) atoms. The van der Waals surface area contributed by atoms with Gasteiger partial charge in [0.05, 0.1) is 18.2 Å². The van der Waals surface area contributed by atoms with Crippen molar-refractivity contribution in [1.82, 2.24) is 10.3 Å². The van der Waals surface area contributed by atoms with Crippen LogP contribution in [0, 0.1) is 12.7 Å². The Morgan fingerprint density at radius 2 is 1.92 bits per heavy atom. The molecule has 7 heteroatoms. The fourth-order valence-electron chi connectivity index (χ4n) is 5.59. The lowest BCUT2D eigenvalue weighted by Crippen LogP contribution is -2.48. The molecule has 0 radical (unpaired) electrons. The van der Waals surface area contributed by atoms with E-state index in [0.29, 0.717) is 30.3 Å². The monoisotopic (exact) mass is 536 g/mol. The van der Waals surface area contributed by atoms with Gasteiger partial charge < -0.3 is 15.2 Å². The lowest BCUT2D eigenvalue weighted by atomic mass is 9.70. The average Bonchev–Trinajstić information content (AvgIpc) is 2.89. The number of fused-ring (bicyclic) bond motifs is 1. The number of rotatable bonds is 6. The van der Waals surface area contributed by atoms with Gasteiger partial charge in [0.2, 0.25) is 5.88 Å². The zero-order chi connectivity index (χ0) is 26.2. The molecule has 0 aliphatic carbocycles. The van der Waals surface area contributed by atoms with E-state index in [4.69, 9.17) is 21.3 Å². The maximum absolute atomic E-state index is 13.8. The molecule has 3 aromatic carbocycles. The first-order valence-corrected chi connectivity index (χ1v) is 13.9. The van der Waals surface area contributed by atoms with Crippen LogP contribution in [0.4, 0.5) is 4.39 Å². The van der Waals surface area contributed by atoms with Gasteiger partial charge >= 0.3 is 0 Å². The normalized spacial score (nSPS) is 20.6. The van der Waals surface area contributed by atoms with E-state index in [9.17, 15) is 9.50 Å². The van der Waals surface area contributed by atoms with E-state index in [2.05, 4.69) is 17.4 Å². The molecular formula is C30H30ClFN2O2S. The van der Waals surface area contributed by atoms with Gasteiger partial charge in [0.25, 0.3) is 0 Å². The van der Waals surface area contributed by atoms with Crippen LogP contribution in [0.25, 0.3) is 10.9 Å². The van der Waals surface area contributed by atoms with Gasteiger partial charge in [-0.3, -0.25) is 0 Å². The maximum atomic E-state index is 13.8. The number of aryl methyl sites for hydroxylation is 1. The summed E-state index contributed by atoms with van der Waals surface area (Å²) in [5, 5.41) is 17.6. The molecule has 1 aliphatic heterocycles. The number of aliphatic hydroxyl groups is 1. The van der Waals surface area contributed by atoms with E-state index in [1.54, 1.807) is 24.9 Å². The molecule has 1 aromatic heterocycles. The smallest absolute Gasteiger partial charge is 0.217 e. The quantitative estimate of drug-likeness (QED) is 0.258. The van der Waals surface area contributed by atoms with Gasteiger partial charge in [-0.05, 0) is 97.8 Å². The summed E-state index contributed by atoms with van der Waals surface area (Å²) in [6, 6.07) is 20.6. The van der Waals surface area contributed by atoms with E-state index in [1.807, 2.05) is 55.6 Å². The van der Waals surface area contributed by atoms with E-state index >= 15 is 0 Å². The van der Waals surface area contributed by atoms with Gasteiger partial charge in [0, 0.05) is 32.8 Å². The first-order chi connectivity index (χ1) is 17.8. The Labute approximate surface area is 226 Å². The topological polar surface area (TPSA) is 54.4 Å². The second-order valence-electron chi connectivity index (χ2n) is 9.70. The molecule has 0 bridgehead atoms. The summed E-state index contributed by atoms with van der Waals surface area (Å²) < 4.78 is 19.6. The molecule has 0 spiro atoms. The lowest BCUT2D eigenvalue weighted by Gasteiger charge is -2.44. The zero-order valence-corrected chi connectivity index (χ0v) is 22.7. The summed E-state index contributed by atoms with van der Waals surface area (Å²) in [7, 11) is 1.62. The number of piperidine rings is 1. The van der Waals surface area contributed by atoms with Crippen molar-refractivity contribution in [1.29, 1.82) is 0 Å². The Bertz CT molecular complexity index is 1430. The highest BCUT2D eigenvalue weighted by Gasteiger charge is 2.44. The number of ether oxygens (including phenoxy) is 1. The van der Waals surface area contributed by atoms with E-state index in [1.165, 1.54) is 6.07 Å². The number of aromatic nitrogens is 1. The number of halogens is 2. The van der Waals surface area contributed by atoms with Gasteiger partial charge in [0.15, 0.2) is 0 Å². The third kappa shape index (κ3) is 5.21. The van der Waals surface area contributed by atoms with E-state index in [0.717, 1.165) is 38.1 Å². The fraction of sp³-hybridized carbons (Fsp3) is 0.300. The first kappa shape index (κ1) is 26.0.